The quantitative estimate of drug-likeness (QED) is 0.264. The van der Waals surface area contributed by atoms with Gasteiger partial charge in [-0.25, -0.2) is 9.59 Å². The maximum atomic E-state index is 12.6. The van der Waals surface area contributed by atoms with Crippen LogP contribution < -0.4 is 22.3 Å². The molecule has 0 aliphatic rings. The van der Waals surface area contributed by atoms with Crippen LogP contribution >= 0.6 is 0 Å². The molecule has 0 bridgehead atoms. The van der Waals surface area contributed by atoms with Crippen molar-refractivity contribution in [2.75, 3.05) is 24.7 Å². The number of hydrogen-bond acceptors (Lipinski definition) is 9. The molecule has 0 fully saturated rings. The summed E-state index contributed by atoms with van der Waals surface area (Å²) in [5.41, 5.74) is 3.58. The number of aromatic nitrogens is 2. The molecule has 12 heteroatoms. The molecular weight excluding hydrogens is 410 g/mol. The molecule has 0 aliphatic heterocycles. The van der Waals surface area contributed by atoms with Crippen LogP contribution in [0.5, 0.6) is 0 Å². The molecule has 0 radical (unpaired) electrons. The van der Waals surface area contributed by atoms with Gasteiger partial charge in [-0.15, -0.1) is 0 Å². The van der Waals surface area contributed by atoms with Crippen molar-refractivity contribution in [3.05, 3.63) is 60.3 Å². The van der Waals surface area contributed by atoms with Crippen molar-refractivity contribution in [3.63, 3.8) is 0 Å². The van der Waals surface area contributed by atoms with Crippen LogP contribution in [0.25, 0.3) is 0 Å². The molecule has 2 aromatic rings. The lowest BCUT2D eigenvalue weighted by Crippen LogP contribution is -2.43. The number of nitrogen functional groups attached to an aromatic ring is 1. The zero-order valence-corrected chi connectivity index (χ0v) is 17.5. The molecule has 1 aromatic heterocycles. The van der Waals surface area contributed by atoms with Crippen LogP contribution in [0.1, 0.15) is 34.6 Å². The Kier molecular flexibility index (Phi) is 6.95. The number of carbonyl (C=O) groups excluding carboxylic acids is 2. The zero-order chi connectivity index (χ0) is 23.5. The number of esters is 1. The highest BCUT2D eigenvalue weighted by molar-refractivity contribution is 6.02. The molecule has 0 spiro atoms. The topological polar surface area (TPSA) is 169 Å². The second-order valence-corrected chi connectivity index (χ2v) is 7.15. The van der Waals surface area contributed by atoms with E-state index in [1.165, 1.54) is 26.2 Å². The third kappa shape index (κ3) is 4.79. The number of carbonyl (C=O) groups is 2. The Balaban J connectivity index is 2.31. The number of nitro groups is 1. The van der Waals surface area contributed by atoms with E-state index in [9.17, 15) is 29.3 Å². The molecule has 3 N–H and O–H groups in total. The Labute approximate surface area is 176 Å². The number of Topliss-reactive ketones (excluding diaryl/α,β-unsaturated/α-hetero) is 1. The van der Waals surface area contributed by atoms with Crippen LogP contribution in [-0.4, -0.2) is 39.5 Å². The Morgan fingerprint density at radius 2 is 1.94 bits per heavy atom. The first-order chi connectivity index (χ1) is 14.5. The van der Waals surface area contributed by atoms with Crippen molar-refractivity contribution in [3.8, 4) is 0 Å². The van der Waals surface area contributed by atoms with Gasteiger partial charge in [0.2, 0.25) is 5.78 Å². The fraction of sp³-hybridized carbons (Fsp3) is 0.368. The number of anilines is 2. The number of ether oxygens (including phenoxy) is 1. The van der Waals surface area contributed by atoms with Crippen LogP contribution in [-0.2, 0) is 18.3 Å². The maximum Gasteiger partial charge on any atom is 0.338 e. The number of nitrogens with zero attached hydrogens (tertiary/aromatic N) is 3. The van der Waals surface area contributed by atoms with Crippen molar-refractivity contribution in [1.29, 1.82) is 0 Å². The van der Waals surface area contributed by atoms with Gasteiger partial charge in [0.1, 0.15) is 17.1 Å². The highest BCUT2D eigenvalue weighted by Gasteiger charge is 2.24. The highest BCUT2D eigenvalue weighted by atomic mass is 16.6. The molecule has 12 nitrogen and oxygen atoms in total. The van der Waals surface area contributed by atoms with Crippen LogP contribution in [0.4, 0.5) is 17.2 Å². The fourth-order valence-corrected chi connectivity index (χ4v) is 2.89. The lowest BCUT2D eigenvalue weighted by molar-refractivity contribution is -0.384. The second-order valence-electron chi connectivity index (χ2n) is 7.15. The minimum Gasteiger partial charge on any atom is -0.454 e. The number of rotatable bonds is 8. The van der Waals surface area contributed by atoms with Gasteiger partial charge in [0.15, 0.2) is 6.61 Å². The van der Waals surface area contributed by atoms with Crippen molar-refractivity contribution in [2.45, 2.75) is 20.4 Å². The van der Waals surface area contributed by atoms with E-state index in [1.807, 2.05) is 13.8 Å². The summed E-state index contributed by atoms with van der Waals surface area (Å²) >= 11 is 0. The summed E-state index contributed by atoms with van der Waals surface area (Å²) in [7, 11) is 2.70. The Bertz CT molecular complexity index is 1160. The molecule has 0 amide bonds. The normalized spacial score (nSPS) is 10.7. The van der Waals surface area contributed by atoms with Gasteiger partial charge in [0, 0.05) is 26.7 Å². The van der Waals surface area contributed by atoms with E-state index in [2.05, 4.69) is 5.32 Å². The van der Waals surface area contributed by atoms with Gasteiger partial charge < -0.3 is 15.8 Å². The largest absolute Gasteiger partial charge is 0.454 e. The molecule has 1 heterocycles. The fourth-order valence-electron chi connectivity index (χ4n) is 2.89. The standard InChI is InChI=1S/C19H23N5O7/c1-10(2)8-23-16(20)15(17(26)22(4)19(23)28)14(25)9-31-18(27)11-5-6-12(21-3)13(7-11)24(29)30/h5-7,10,21H,8-9,20H2,1-4H3. The van der Waals surface area contributed by atoms with E-state index in [0.29, 0.717) is 0 Å². The summed E-state index contributed by atoms with van der Waals surface area (Å²) in [5, 5.41) is 13.8. The number of hydrogen-bond donors (Lipinski definition) is 2. The van der Waals surface area contributed by atoms with E-state index in [-0.39, 0.29) is 35.2 Å². The third-order valence-corrected chi connectivity index (χ3v) is 4.44. The highest BCUT2D eigenvalue weighted by Crippen LogP contribution is 2.25. The van der Waals surface area contributed by atoms with Crippen molar-refractivity contribution < 1.29 is 19.2 Å². The van der Waals surface area contributed by atoms with E-state index in [0.717, 1.165) is 15.2 Å². The average molecular weight is 433 g/mol. The number of nitro benzene ring substituents is 1. The number of ketones is 1. The number of benzene rings is 1. The molecule has 166 valence electrons. The zero-order valence-electron chi connectivity index (χ0n) is 17.5. The van der Waals surface area contributed by atoms with E-state index in [1.54, 1.807) is 0 Å². The van der Waals surface area contributed by atoms with E-state index in [4.69, 9.17) is 10.5 Å². The summed E-state index contributed by atoms with van der Waals surface area (Å²) in [4.78, 5) is 60.0. The van der Waals surface area contributed by atoms with Crippen LogP contribution in [0.15, 0.2) is 27.8 Å². The summed E-state index contributed by atoms with van der Waals surface area (Å²) in [6.45, 7) is 3.01. The van der Waals surface area contributed by atoms with Gasteiger partial charge >= 0.3 is 11.7 Å². The monoisotopic (exact) mass is 433 g/mol. The van der Waals surface area contributed by atoms with Crippen molar-refractivity contribution >= 4 is 28.9 Å². The molecule has 0 saturated carbocycles. The van der Waals surface area contributed by atoms with Gasteiger partial charge in [-0.2, -0.15) is 0 Å². The van der Waals surface area contributed by atoms with Gasteiger partial charge in [-0.3, -0.25) is 28.8 Å². The molecule has 0 saturated heterocycles. The average Bonchev–Trinajstić information content (AvgIpc) is 2.72. The van der Waals surface area contributed by atoms with Crippen LogP contribution in [0.2, 0.25) is 0 Å². The van der Waals surface area contributed by atoms with Crippen molar-refractivity contribution in [1.82, 2.24) is 9.13 Å². The maximum absolute atomic E-state index is 12.6. The van der Waals surface area contributed by atoms with Crippen LogP contribution in [0, 0.1) is 16.0 Å². The molecule has 31 heavy (non-hydrogen) atoms. The third-order valence-electron chi connectivity index (χ3n) is 4.44. The van der Waals surface area contributed by atoms with Gasteiger partial charge in [-0.1, -0.05) is 13.8 Å². The lowest BCUT2D eigenvalue weighted by atomic mass is 10.1. The first-order valence-corrected chi connectivity index (χ1v) is 9.25. The molecule has 0 atom stereocenters. The summed E-state index contributed by atoms with van der Waals surface area (Å²) in [6.07, 6.45) is 0. The first-order valence-electron chi connectivity index (χ1n) is 9.25. The van der Waals surface area contributed by atoms with Crippen LogP contribution in [0.3, 0.4) is 0 Å². The predicted octanol–water partition coefficient (Wildman–Crippen LogP) is 0.775. The Hall–Kier alpha value is -3.96. The predicted molar refractivity (Wildman–Crippen MR) is 112 cm³/mol. The van der Waals surface area contributed by atoms with E-state index < -0.39 is 40.1 Å². The van der Waals surface area contributed by atoms with Gasteiger partial charge in [-0.05, 0) is 18.1 Å². The SMILES string of the molecule is CNc1ccc(C(=O)OCC(=O)c2c(N)n(CC(C)C)c(=O)n(C)c2=O)cc1[N+](=O)[O-]. The summed E-state index contributed by atoms with van der Waals surface area (Å²) in [5.74, 6) is -2.19. The Morgan fingerprint density at radius 1 is 1.29 bits per heavy atom. The molecule has 2 rings (SSSR count). The van der Waals surface area contributed by atoms with E-state index >= 15 is 0 Å². The number of nitrogens with one attached hydrogen (secondary N) is 1. The second kappa shape index (κ2) is 9.24. The lowest BCUT2D eigenvalue weighted by Gasteiger charge is -2.16. The Morgan fingerprint density at radius 3 is 2.48 bits per heavy atom. The van der Waals surface area contributed by atoms with Gasteiger partial charge in [0.25, 0.3) is 11.2 Å². The minimum atomic E-state index is -0.995. The summed E-state index contributed by atoms with van der Waals surface area (Å²) in [6, 6.07) is 3.63. The smallest absolute Gasteiger partial charge is 0.338 e. The molecule has 0 aliphatic carbocycles. The van der Waals surface area contributed by atoms with Crippen molar-refractivity contribution in [2.24, 2.45) is 13.0 Å². The summed E-state index contributed by atoms with van der Waals surface area (Å²) < 4.78 is 6.80. The molecular formula is C19H23N5O7. The molecule has 0 unspecified atom stereocenters. The minimum absolute atomic E-state index is 0.00894. The van der Waals surface area contributed by atoms with Gasteiger partial charge in [0.05, 0.1) is 10.5 Å². The molecule has 1 aromatic carbocycles. The number of nitrogens with two attached hydrogens (primary N) is 1. The first kappa shape index (κ1) is 23.3.